The van der Waals surface area contributed by atoms with Crippen LogP contribution in [0.15, 0.2) is 29.2 Å². The average Bonchev–Trinajstić information content (AvgIpc) is 2.37. The molecule has 3 nitrogen and oxygen atoms in total. The van der Waals surface area contributed by atoms with Crippen molar-refractivity contribution in [3.63, 3.8) is 0 Å². The molecule has 94 valence electrons. The van der Waals surface area contributed by atoms with Gasteiger partial charge in [0, 0.05) is 30.3 Å². The Kier molecular flexibility index (Phi) is 4.71. The molecule has 0 aromatic heterocycles. The number of aryl methyl sites for hydroxylation is 1. The van der Waals surface area contributed by atoms with Gasteiger partial charge in [-0.3, -0.25) is 9.11 Å². The quantitative estimate of drug-likeness (QED) is 0.813. The first-order valence-electron chi connectivity index (χ1n) is 6.01. The van der Waals surface area contributed by atoms with Crippen molar-refractivity contribution in [1.82, 2.24) is 4.90 Å². The molecule has 1 atom stereocenters. The molecule has 0 amide bonds. The molecule has 0 spiro atoms. The van der Waals surface area contributed by atoms with Crippen LogP contribution in [0.4, 0.5) is 0 Å². The van der Waals surface area contributed by atoms with Crippen molar-refractivity contribution in [1.29, 1.82) is 0 Å². The monoisotopic (exact) mass is 253 g/mol. The molecule has 0 bridgehead atoms. The molecule has 1 aliphatic rings. The van der Waals surface area contributed by atoms with Gasteiger partial charge in [0.05, 0.1) is 24.0 Å². The minimum absolute atomic E-state index is 0.712. The lowest BCUT2D eigenvalue weighted by atomic mass is 10.2. The van der Waals surface area contributed by atoms with E-state index in [2.05, 4.69) is 4.90 Å². The Morgan fingerprint density at radius 1 is 1.35 bits per heavy atom. The molecule has 0 aliphatic carbocycles. The first kappa shape index (κ1) is 12.7. The fourth-order valence-corrected chi connectivity index (χ4v) is 3.12. The predicted molar refractivity (Wildman–Crippen MR) is 69.7 cm³/mol. The van der Waals surface area contributed by atoms with E-state index in [-0.39, 0.29) is 0 Å². The van der Waals surface area contributed by atoms with E-state index in [1.807, 2.05) is 31.2 Å². The Labute approximate surface area is 105 Å². The summed E-state index contributed by atoms with van der Waals surface area (Å²) in [6.45, 7) is 6.46. The van der Waals surface area contributed by atoms with Crippen molar-refractivity contribution in [2.75, 3.05) is 38.6 Å². The third kappa shape index (κ3) is 3.91. The van der Waals surface area contributed by atoms with Crippen LogP contribution in [0.3, 0.4) is 0 Å². The van der Waals surface area contributed by atoms with Crippen LogP contribution in [0.2, 0.25) is 0 Å². The zero-order valence-electron chi connectivity index (χ0n) is 10.2. The minimum Gasteiger partial charge on any atom is -0.379 e. The van der Waals surface area contributed by atoms with Gasteiger partial charge in [-0.25, -0.2) is 0 Å². The molecule has 0 radical (unpaired) electrons. The predicted octanol–water partition coefficient (Wildman–Crippen LogP) is 1.43. The molecule has 1 saturated heterocycles. The molecule has 1 aromatic rings. The maximum Gasteiger partial charge on any atom is 0.0594 e. The summed E-state index contributed by atoms with van der Waals surface area (Å²) < 4.78 is 17.4. The maximum absolute atomic E-state index is 12.1. The van der Waals surface area contributed by atoms with Crippen molar-refractivity contribution in [2.45, 2.75) is 11.8 Å². The fourth-order valence-electron chi connectivity index (χ4n) is 1.91. The Morgan fingerprint density at radius 3 is 2.82 bits per heavy atom. The highest BCUT2D eigenvalue weighted by Gasteiger charge is 2.12. The zero-order chi connectivity index (χ0) is 12.1. The van der Waals surface area contributed by atoms with E-state index in [0.29, 0.717) is 5.75 Å². The SMILES string of the molecule is Cc1cccc(S(=O)CCN2CCOCC2)c1. The second-order valence-corrected chi connectivity index (χ2v) is 5.89. The van der Waals surface area contributed by atoms with Gasteiger partial charge in [-0.1, -0.05) is 12.1 Å². The average molecular weight is 253 g/mol. The van der Waals surface area contributed by atoms with Gasteiger partial charge in [0.15, 0.2) is 0 Å². The smallest absolute Gasteiger partial charge is 0.0594 e. The van der Waals surface area contributed by atoms with E-state index in [9.17, 15) is 4.21 Å². The lowest BCUT2D eigenvalue weighted by molar-refractivity contribution is 0.0409. The van der Waals surface area contributed by atoms with Gasteiger partial charge in [-0.15, -0.1) is 0 Å². The molecule has 1 heterocycles. The molecule has 1 aromatic carbocycles. The normalized spacial score (nSPS) is 19.1. The second-order valence-electron chi connectivity index (χ2n) is 4.32. The summed E-state index contributed by atoms with van der Waals surface area (Å²) in [4.78, 5) is 3.26. The van der Waals surface area contributed by atoms with Gasteiger partial charge in [0.1, 0.15) is 0 Å². The van der Waals surface area contributed by atoms with E-state index in [1.54, 1.807) is 0 Å². The summed E-state index contributed by atoms with van der Waals surface area (Å²) in [5.41, 5.74) is 1.17. The molecule has 0 N–H and O–H groups in total. The Morgan fingerprint density at radius 2 is 2.12 bits per heavy atom. The second kappa shape index (κ2) is 6.28. The molecule has 17 heavy (non-hydrogen) atoms. The molecule has 2 rings (SSSR count). The van der Waals surface area contributed by atoms with Gasteiger partial charge in [-0.2, -0.15) is 0 Å². The van der Waals surface area contributed by atoms with Crippen molar-refractivity contribution in [3.05, 3.63) is 29.8 Å². The van der Waals surface area contributed by atoms with E-state index < -0.39 is 10.8 Å². The molecule has 1 fully saturated rings. The van der Waals surface area contributed by atoms with Gasteiger partial charge in [0.25, 0.3) is 0 Å². The number of nitrogens with zero attached hydrogens (tertiary/aromatic N) is 1. The maximum atomic E-state index is 12.1. The lowest BCUT2D eigenvalue weighted by Gasteiger charge is -2.26. The van der Waals surface area contributed by atoms with Crippen LogP contribution in [-0.2, 0) is 15.5 Å². The summed E-state index contributed by atoms with van der Waals surface area (Å²) in [5.74, 6) is 0.712. The van der Waals surface area contributed by atoms with E-state index in [0.717, 1.165) is 37.7 Å². The van der Waals surface area contributed by atoms with Crippen molar-refractivity contribution < 1.29 is 8.95 Å². The van der Waals surface area contributed by atoms with Crippen LogP contribution < -0.4 is 0 Å². The minimum atomic E-state index is -0.878. The molecule has 1 unspecified atom stereocenters. The van der Waals surface area contributed by atoms with E-state index >= 15 is 0 Å². The number of hydrogen-bond donors (Lipinski definition) is 0. The first-order chi connectivity index (χ1) is 8.25. The largest absolute Gasteiger partial charge is 0.379 e. The number of benzene rings is 1. The summed E-state index contributed by atoms with van der Waals surface area (Å²) in [6.07, 6.45) is 0. The Hall–Kier alpha value is -0.710. The number of rotatable bonds is 4. The van der Waals surface area contributed by atoms with Crippen LogP contribution in [0.5, 0.6) is 0 Å². The third-order valence-corrected chi connectivity index (χ3v) is 4.28. The standard InChI is InChI=1S/C13H19NO2S/c1-12-3-2-4-13(11-12)17(15)10-7-14-5-8-16-9-6-14/h2-4,11H,5-10H2,1H3. The lowest BCUT2D eigenvalue weighted by Crippen LogP contribution is -2.38. The first-order valence-corrected chi connectivity index (χ1v) is 7.33. The number of ether oxygens (including phenoxy) is 1. The molecular formula is C13H19NO2S. The van der Waals surface area contributed by atoms with Crippen LogP contribution in [-0.4, -0.2) is 47.7 Å². The highest BCUT2D eigenvalue weighted by molar-refractivity contribution is 7.85. The zero-order valence-corrected chi connectivity index (χ0v) is 11.0. The summed E-state index contributed by atoms with van der Waals surface area (Å²) in [6, 6.07) is 7.96. The summed E-state index contributed by atoms with van der Waals surface area (Å²) in [7, 11) is -0.878. The van der Waals surface area contributed by atoms with Gasteiger partial charge >= 0.3 is 0 Å². The van der Waals surface area contributed by atoms with Crippen LogP contribution in [0, 0.1) is 6.92 Å². The fraction of sp³-hybridized carbons (Fsp3) is 0.538. The summed E-state index contributed by atoms with van der Waals surface area (Å²) >= 11 is 0. The molecule has 4 heteroatoms. The van der Waals surface area contributed by atoms with E-state index in [4.69, 9.17) is 4.74 Å². The van der Waals surface area contributed by atoms with Gasteiger partial charge < -0.3 is 4.74 Å². The van der Waals surface area contributed by atoms with Crippen LogP contribution >= 0.6 is 0 Å². The van der Waals surface area contributed by atoms with Crippen molar-refractivity contribution >= 4 is 10.8 Å². The molecular weight excluding hydrogens is 234 g/mol. The van der Waals surface area contributed by atoms with Crippen molar-refractivity contribution in [2.24, 2.45) is 0 Å². The summed E-state index contributed by atoms with van der Waals surface area (Å²) in [5, 5.41) is 0. The number of hydrogen-bond acceptors (Lipinski definition) is 3. The Bertz CT molecular complexity index is 389. The van der Waals surface area contributed by atoms with Gasteiger partial charge in [-0.05, 0) is 24.6 Å². The van der Waals surface area contributed by atoms with Crippen molar-refractivity contribution in [3.8, 4) is 0 Å². The highest BCUT2D eigenvalue weighted by Crippen LogP contribution is 2.09. The molecule has 0 saturated carbocycles. The third-order valence-electron chi connectivity index (χ3n) is 2.95. The molecule has 1 aliphatic heterocycles. The van der Waals surface area contributed by atoms with Crippen LogP contribution in [0.1, 0.15) is 5.56 Å². The Balaban J connectivity index is 1.84. The van der Waals surface area contributed by atoms with E-state index in [1.165, 1.54) is 5.56 Å². The topological polar surface area (TPSA) is 29.5 Å². The van der Waals surface area contributed by atoms with Gasteiger partial charge in [0.2, 0.25) is 0 Å². The number of morpholine rings is 1. The highest BCUT2D eigenvalue weighted by atomic mass is 32.2. The van der Waals surface area contributed by atoms with Crippen LogP contribution in [0.25, 0.3) is 0 Å².